The first kappa shape index (κ1) is 30.0. The quantitative estimate of drug-likeness (QED) is 0.107. The van der Waals surface area contributed by atoms with Crippen molar-refractivity contribution in [3.8, 4) is 0 Å². The van der Waals surface area contributed by atoms with Crippen molar-refractivity contribution in [1.29, 1.82) is 0 Å². The minimum absolute atomic E-state index is 0.116. The van der Waals surface area contributed by atoms with E-state index in [1.807, 2.05) is 0 Å². The number of carbonyl (C=O) groups excluding carboxylic acids is 1. The molecule has 3 rings (SSSR count). The Morgan fingerprint density at radius 2 is 1.41 bits per heavy atom. The lowest BCUT2D eigenvalue weighted by atomic mass is 9.77. The number of amides is 1. The maximum absolute atomic E-state index is 13.4. The van der Waals surface area contributed by atoms with E-state index in [9.17, 15) is 4.79 Å². The Kier molecular flexibility index (Phi) is 13.9. The summed E-state index contributed by atoms with van der Waals surface area (Å²) < 4.78 is 6.19. The third-order valence-electron chi connectivity index (χ3n) is 9.02. The van der Waals surface area contributed by atoms with E-state index < -0.39 is 0 Å². The molecule has 37 heavy (non-hydrogen) atoms. The van der Waals surface area contributed by atoms with Gasteiger partial charge >= 0.3 is 0 Å². The second-order valence-corrected chi connectivity index (χ2v) is 11.9. The van der Waals surface area contributed by atoms with Crippen LogP contribution in [-0.2, 0) is 9.53 Å². The lowest BCUT2D eigenvalue weighted by Crippen LogP contribution is -2.51. The van der Waals surface area contributed by atoms with Crippen LogP contribution in [0.25, 0.3) is 0 Å². The normalized spacial score (nSPS) is 26.1. The minimum atomic E-state index is 0.116. The fourth-order valence-electron chi connectivity index (χ4n) is 6.74. The molecule has 1 heterocycles. The van der Waals surface area contributed by atoms with Crippen LogP contribution >= 0.6 is 0 Å². The zero-order chi connectivity index (χ0) is 26.3. The van der Waals surface area contributed by atoms with Gasteiger partial charge in [-0.15, -0.1) is 0 Å². The topological polar surface area (TPSA) is 32.8 Å². The van der Waals surface area contributed by atoms with Crippen molar-refractivity contribution in [2.45, 2.75) is 103 Å². The molecule has 2 saturated carbocycles. The van der Waals surface area contributed by atoms with Gasteiger partial charge in [0.05, 0.1) is 18.3 Å². The highest BCUT2D eigenvalue weighted by molar-refractivity contribution is 5.80. The second-order valence-electron chi connectivity index (χ2n) is 11.9. The summed E-state index contributed by atoms with van der Waals surface area (Å²) in [6, 6.07) is 0. The van der Waals surface area contributed by atoms with E-state index in [0.29, 0.717) is 17.7 Å². The van der Waals surface area contributed by atoms with E-state index in [0.717, 1.165) is 51.4 Å². The average Bonchev–Trinajstić information content (AvgIpc) is 3.52. The number of piperazine rings is 1. The fraction of sp³-hybridized carbons (Fsp3) is 0.788. The van der Waals surface area contributed by atoms with Gasteiger partial charge in [0.15, 0.2) is 0 Å². The predicted molar refractivity (Wildman–Crippen MR) is 156 cm³/mol. The first-order chi connectivity index (χ1) is 18.1. The summed E-state index contributed by atoms with van der Waals surface area (Å²) in [4.78, 5) is 17.9. The number of allylic oxidation sites excluding steroid dienone is 5. The number of ether oxygens (including phenoxy) is 1. The average molecular weight is 513 g/mol. The van der Waals surface area contributed by atoms with Crippen LogP contribution in [0.5, 0.6) is 0 Å². The summed E-state index contributed by atoms with van der Waals surface area (Å²) in [7, 11) is 2.14. The van der Waals surface area contributed by atoms with E-state index in [2.05, 4.69) is 54.7 Å². The summed E-state index contributed by atoms with van der Waals surface area (Å²) in [5, 5.41) is 0. The van der Waals surface area contributed by atoms with Gasteiger partial charge in [0, 0.05) is 32.1 Å². The number of likely N-dealkylation sites (N-methyl/N-ethyl adjacent to an activating group) is 1. The monoisotopic (exact) mass is 512 g/mol. The molecule has 3 aliphatic rings. The van der Waals surface area contributed by atoms with Crippen molar-refractivity contribution in [1.82, 2.24) is 9.80 Å². The largest absolute Gasteiger partial charge is 0.498 e. The Labute approximate surface area is 228 Å². The van der Waals surface area contributed by atoms with Crippen molar-refractivity contribution in [2.75, 3.05) is 39.8 Å². The zero-order valence-electron chi connectivity index (χ0n) is 24.2. The number of nitrogens with zero attached hydrogens (tertiary/aromatic N) is 2. The molecule has 1 amide bonds. The summed E-state index contributed by atoms with van der Waals surface area (Å²) in [5.41, 5.74) is 0. The van der Waals surface area contributed by atoms with E-state index in [-0.39, 0.29) is 11.8 Å². The van der Waals surface area contributed by atoms with Crippen LogP contribution in [0.1, 0.15) is 103 Å². The van der Waals surface area contributed by atoms with Gasteiger partial charge in [-0.05, 0) is 76.7 Å². The van der Waals surface area contributed by atoms with Gasteiger partial charge in [-0.2, -0.15) is 0 Å². The Morgan fingerprint density at radius 3 is 2.08 bits per heavy atom. The predicted octanol–water partition coefficient (Wildman–Crippen LogP) is 7.77. The molecule has 210 valence electrons. The van der Waals surface area contributed by atoms with E-state index in [1.165, 1.54) is 83.5 Å². The van der Waals surface area contributed by atoms with Crippen molar-refractivity contribution in [3.63, 3.8) is 0 Å². The molecular weight excluding hydrogens is 456 g/mol. The van der Waals surface area contributed by atoms with E-state index in [4.69, 9.17) is 4.74 Å². The lowest BCUT2D eigenvalue weighted by Gasteiger charge is -2.38. The van der Waals surface area contributed by atoms with Gasteiger partial charge in [-0.25, -0.2) is 0 Å². The van der Waals surface area contributed by atoms with Crippen LogP contribution in [0.3, 0.4) is 0 Å². The molecule has 2 bridgehead atoms. The summed E-state index contributed by atoms with van der Waals surface area (Å²) in [5.74, 6) is 2.80. The summed E-state index contributed by atoms with van der Waals surface area (Å²) in [6.07, 6.45) is 28.1. The van der Waals surface area contributed by atoms with Crippen molar-refractivity contribution < 1.29 is 9.53 Å². The molecule has 0 radical (unpaired) electrons. The smallest absolute Gasteiger partial charge is 0.226 e. The molecule has 3 fully saturated rings. The van der Waals surface area contributed by atoms with Gasteiger partial charge in [0.25, 0.3) is 0 Å². The molecule has 4 unspecified atom stereocenters. The Balaban J connectivity index is 1.21. The van der Waals surface area contributed by atoms with Gasteiger partial charge in [0.2, 0.25) is 5.91 Å². The van der Waals surface area contributed by atoms with E-state index >= 15 is 0 Å². The fourth-order valence-corrected chi connectivity index (χ4v) is 6.74. The van der Waals surface area contributed by atoms with Crippen molar-refractivity contribution in [3.05, 3.63) is 36.6 Å². The van der Waals surface area contributed by atoms with Gasteiger partial charge in [0.1, 0.15) is 0 Å². The summed E-state index contributed by atoms with van der Waals surface area (Å²) in [6.45, 7) is 11.1. The number of rotatable bonds is 18. The molecule has 1 saturated heterocycles. The van der Waals surface area contributed by atoms with E-state index in [1.54, 1.807) is 0 Å². The molecule has 1 aliphatic heterocycles. The molecule has 0 N–H and O–H groups in total. The second kappa shape index (κ2) is 17.1. The van der Waals surface area contributed by atoms with Crippen LogP contribution in [0.4, 0.5) is 0 Å². The number of carbonyl (C=O) groups is 1. The van der Waals surface area contributed by atoms with Crippen molar-refractivity contribution >= 4 is 5.91 Å². The molecular formula is C33H56N2O2. The Morgan fingerprint density at radius 1 is 0.811 bits per heavy atom. The highest BCUT2D eigenvalue weighted by Crippen LogP contribution is 2.55. The number of hydrogen-bond acceptors (Lipinski definition) is 3. The van der Waals surface area contributed by atoms with Gasteiger partial charge in [-0.1, -0.05) is 76.3 Å². The molecule has 2 aliphatic carbocycles. The Hall–Kier alpha value is -1.55. The first-order valence-electron chi connectivity index (χ1n) is 15.7. The van der Waals surface area contributed by atoms with Gasteiger partial charge in [-0.3, -0.25) is 4.79 Å². The van der Waals surface area contributed by atoms with Crippen LogP contribution < -0.4 is 0 Å². The lowest BCUT2D eigenvalue weighted by molar-refractivity contribution is -0.140. The Bertz CT molecular complexity index is 722. The minimum Gasteiger partial charge on any atom is -0.498 e. The standard InChI is InChI=1S/C33H56N2O2/c1-4-5-6-7-8-9-10-11-12-13-14-15-16-17-18-19-26-37-28(2)31-29-20-21-30(27-29)32(31)33(36)35-24-22-34(3)23-25-35/h8-9,11-12,29-32H,2,4-7,10,13-27H2,1,3H3/b9-8+,12-11+. The molecule has 0 aromatic carbocycles. The zero-order valence-corrected chi connectivity index (χ0v) is 24.2. The maximum atomic E-state index is 13.4. The molecule has 0 aromatic heterocycles. The third-order valence-corrected chi connectivity index (χ3v) is 9.02. The first-order valence-corrected chi connectivity index (χ1v) is 15.7. The highest BCUT2D eigenvalue weighted by atomic mass is 16.5. The molecule has 4 heteroatoms. The maximum Gasteiger partial charge on any atom is 0.226 e. The molecule has 0 spiro atoms. The SMILES string of the molecule is C=C(OCCCCCCCC/C=C/C/C=C/CCCCC)C1C2CCC(C2)C1C(=O)N1CCN(C)CC1. The van der Waals surface area contributed by atoms with Gasteiger partial charge < -0.3 is 14.5 Å². The molecule has 0 aromatic rings. The van der Waals surface area contributed by atoms with Crippen LogP contribution in [0.2, 0.25) is 0 Å². The number of unbranched alkanes of at least 4 members (excludes halogenated alkanes) is 9. The van der Waals surface area contributed by atoms with Crippen LogP contribution in [0.15, 0.2) is 36.6 Å². The van der Waals surface area contributed by atoms with Crippen molar-refractivity contribution in [2.24, 2.45) is 23.7 Å². The third kappa shape index (κ3) is 9.93. The van der Waals surface area contributed by atoms with Crippen LogP contribution in [0, 0.1) is 23.7 Å². The molecule has 4 atom stereocenters. The number of fused-ring (bicyclic) bond motifs is 2. The summed E-state index contributed by atoms with van der Waals surface area (Å²) >= 11 is 0. The van der Waals surface area contributed by atoms with Crippen LogP contribution in [-0.4, -0.2) is 55.5 Å². The molecule has 4 nitrogen and oxygen atoms in total. The highest BCUT2D eigenvalue weighted by Gasteiger charge is 2.53. The number of hydrogen-bond donors (Lipinski definition) is 0.